The molecule has 2 N–H and O–H groups in total. The third-order valence-electron chi connectivity index (χ3n) is 5.97. The van der Waals surface area contributed by atoms with Crippen LogP contribution in [0.1, 0.15) is 32.6 Å². The van der Waals surface area contributed by atoms with Gasteiger partial charge in [0.15, 0.2) is 5.75 Å². The number of carbonyl (C=O) groups excluding carboxylic acids is 1. The van der Waals surface area contributed by atoms with E-state index in [1.54, 1.807) is 12.1 Å². The molecule has 0 fully saturated rings. The first-order valence-corrected chi connectivity index (χ1v) is 10.9. The highest BCUT2D eigenvalue weighted by Crippen LogP contribution is 2.31. The summed E-state index contributed by atoms with van der Waals surface area (Å²) in [6.07, 6.45) is 2.00. The van der Waals surface area contributed by atoms with Gasteiger partial charge in [-0.1, -0.05) is 42.0 Å². The molecule has 0 unspecified atom stereocenters. The first-order chi connectivity index (χ1) is 16.3. The number of halogens is 1. The van der Waals surface area contributed by atoms with Gasteiger partial charge in [-0.3, -0.25) is 4.79 Å². The van der Waals surface area contributed by atoms with E-state index in [4.69, 9.17) is 9.47 Å². The van der Waals surface area contributed by atoms with Gasteiger partial charge in [0.2, 0.25) is 0 Å². The van der Waals surface area contributed by atoms with Gasteiger partial charge in [0.1, 0.15) is 11.4 Å². The molecule has 0 saturated heterocycles. The molecule has 1 aromatic heterocycles. The molecule has 0 aliphatic heterocycles. The van der Waals surface area contributed by atoms with Crippen molar-refractivity contribution in [2.24, 2.45) is 0 Å². The summed E-state index contributed by atoms with van der Waals surface area (Å²) < 4.78 is 25.0. The van der Waals surface area contributed by atoms with E-state index in [-0.39, 0.29) is 42.5 Å². The number of pyridine rings is 1. The van der Waals surface area contributed by atoms with E-state index >= 15 is 0 Å². The number of nitrogens with zero attached hydrogens (tertiary/aromatic N) is 1. The molecule has 0 atom stereocenters. The summed E-state index contributed by atoms with van der Waals surface area (Å²) in [7, 11) is 1.42. The van der Waals surface area contributed by atoms with Crippen molar-refractivity contribution in [1.82, 2.24) is 10.3 Å². The molecule has 8 heteroatoms. The van der Waals surface area contributed by atoms with Crippen LogP contribution in [0.15, 0.2) is 54.7 Å². The van der Waals surface area contributed by atoms with E-state index in [1.165, 1.54) is 25.4 Å². The van der Waals surface area contributed by atoms with Crippen molar-refractivity contribution in [3.8, 4) is 11.6 Å². The van der Waals surface area contributed by atoms with Gasteiger partial charge in [-0.25, -0.2) is 14.2 Å². The van der Waals surface area contributed by atoms with Crippen LogP contribution in [0.4, 0.5) is 4.39 Å². The molecular formula is C26H25FN2O5. The second kappa shape index (κ2) is 9.51. The second-order valence-electron chi connectivity index (χ2n) is 8.39. The number of aryl methyl sites for hydroxylation is 1. The maximum absolute atomic E-state index is 14.0. The minimum Gasteiger partial charge on any atom is -0.488 e. The Labute approximate surface area is 196 Å². The average molecular weight is 464 g/mol. The van der Waals surface area contributed by atoms with Crippen LogP contribution in [0.3, 0.4) is 0 Å². The Morgan fingerprint density at radius 1 is 1.15 bits per heavy atom. The van der Waals surface area contributed by atoms with Crippen LogP contribution in [0, 0.1) is 12.7 Å². The first-order valence-electron chi connectivity index (χ1n) is 10.9. The second-order valence-corrected chi connectivity index (χ2v) is 8.39. The molecule has 4 rings (SSSR count). The number of carboxylic acids is 1. The lowest BCUT2D eigenvalue weighted by molar-refractivity contribution is -0.144. The lowest BCUT2D eigenvalue weighted by Gasteiger charge is -2.25. The molecule has 7 nitrogen and oxygen atoms in total. The van der Waals surface area contributed by atoms with Crippen LogP contribution in [0.5, 0.6) is 11.6 Å². The standard InChI is InChI=1S/C26H25FN2O5/c1-16-7-8-21(27)17(11-16)9-10-34-22-12-20(15-28-24(22)33-2)23(30)29-26(25(31)32)13-18-5-3-4-6-19(18)14-26/h3-8,11-12,15H,9-10,13-14H2,1-2H3,(H,29,30)(H,31,32). The summed E-state index contributed by atoms with van der Waals surface area (Å²) in [5.41, 5.74) is 1.94. The molecule has 0 bridgehead atoms. The fourth-order valence-electron chi connectivity index (χ4n) is 4.18. The lowest BCUT2D eigenvalue weighted by atomic mass is 9.95. The van der Waals surface area contributed by atoms with Crippen molar-refractivity contribution in [1.29, 1.82) is 0 Å². The maximum atomic E-state index is 14.0. The summed E-state index contributed by atoms with van der Waals surface area (Å²) in [5, 5.41) is 12.6. The van der Waals surface area contributed by atoms with E-state index in [2.05, 4.69) is 10.3 Å². The molecule has 0 spiro atoms. The van der Waals surface area contributed by atoms with Crippen molar-refractivity contribution >= 4 is 11.9 Å². The van der Waals surface area contributed by atoms with Crippen molar-refractivity contribution in [2.45, 2.75) is 31.7 Å². The van der Waals surface area contributed by atoms with E-state index in [0.717, 1.165) is 16.7 Å². The molecule has 176 valence electrons. The number of aromatic nitrogens is 1. The zero-order valence-electron chi connectivity index (χ0n) is 18.9. The summed E-state index contributed by atoms with van der Waals surface area (Å²) in [5.74, 6) is -1.62. The van der Waals surface area contributed by atoms with E-state index < -0.39 is 17.4 Å². The minimum absolute atomic E-state index is 0.133. The SMILES string of the molecule is COc1ncc(C(=O)NC2(C(=O)O)Cc3ccccc3C2)cc1OCCc1cc(C)ccc1F. The maximum Gasteiger partial charge on any atom is 0.330 e. The average Bonchev–Trinajstić information content (AvgIpc) is 3.20. The topological polar surface area (TPSA) is 97.8 Å². The molecule has 0 saturated carbocycles. The number of benzene rings is 2. The summed E-state index contributed by atoms with van der Waals surface area (Å²) in [4.78, 5) is 29.3. The smallest absolute Gasteiger partial charge is 0.330 e. The normalized spacial score (nSPS) is 13.7. The highest BCUT2D eigenvalue weighted by Gasteiger charge is 2.45. The van der Waals surface area contributed by atoms with E-state index in [9.17, 15) is 19.1 Å². The predicted octanol–water partition coefficient (Wildman–Crippen LogP) is 3.51. The van der Waals surface area contributed by atoms with Gasteiger partial charge in [0, 0.05) is 31.5 Å². The van der Waals surface area contributed by atoms with Gasteiger partial charge in [0.05, 0.1) is 19.3 Å². The monoisotopic (exact) mass is 464 g/mol. The molecule has 1 aliphatic rings. The number of ether oxygens (including phenoxy) is 2. The molecule has 2 aromatic carbocycles. The number of amides is 1. The highest BCUT2D eigenvalue weighted by molar-refractivity contribution is 5.98. The number of hydrogen-bond acceptors (Lipinski definition) is 5. The Bertz CT molecular complexity index is 1220. The molecule has 34 heavy (non-hydrogen) atoms. The summed E-state index contributed by atoms with van der Waals surface area (Å²) >= 11 is 0. The molecule has 1 heterocycles. The minimum atomic E-state index is -1.44. The van der Waals surface area contributed by atoms with Gasteiger partial charge in [-0.05, 0) is 29.7 Å². The van der Waals surface area contributed by atoms with E-state index in [0.29, 0.717) is 12.0 Å². The molecular weight excluding hydrogens is 439 g/mol. The number of fused-ring (bicyclic) bond motifs is 1. The van der Waals surface area contributed by atoms with Crippen LogP contribution >= 0.6 is 0 Å². The number of methoxy groups -OCH3 is 1. The van der Waals surface area contributed by atoms with Crippen LogP contribution in [0.25, 0.3) is 0 Å². The predicted molar refractivity (Wildman–Crippen MR) is 123 cm³/mol. The van der Waals surface area contributed by atoms with Gasteiger partial charge in [-0.2, -0.15) is 0 Å². The Morgan fingerprint density at radius 3 is 2.50 bits per heavy atom. The van der Waals surface area contributed by atoms with Crippen LogP contribution in [-0.2, 0) is 24.1 Å². The number of carboxylic acid groups (broad SMARTS) is 1. The number of nitrogens with one attached hydrogen (secondary N) is 1. The van der Waals surface area contributed by atoms with Crippen molar-refractivity contribution < 1.29 is 28.6 Å². The zero-order valence-corrected chi connectivity index (χ0v) is 18.9. The Balaban J connectivity index is 1.50. The highest BCUT2D eigenvalue weighted by atomic mass is 19.1. The van der Waals surface area contributed by atoms with Crippen LogP contribution in [-0.4, -0.2) is 41.2 Å². The largest absolute Gasteiger partial charge is 0.488 e. The molecule has 3 aromatic rings. The quantitative estimate of drug-likeness (QED) is 0.530. The van der Waals surface area contributed by atoms with Gasteiger partial charge >= 0.3 is 5.97 Å². The number of hydrogen-bond donors (Lipinski definition) is 2. The fraction of sp³-hybridized carbons (Fsp3) is 0.269. The zero-order chi connectivity index (χ0) is 24.3. The molecule has 0 radical (unpaired) electrons. The third kappa shape index (κ3) is 4.71. The third-order valence-corrected chi connectivity index (χ3v) is 5.97. The van der Waals surface area contributed by atoms with Gasteiger partial charge in [0.25, 0.3) is 11.8 Å². The number of aliphatic carboxylic acids is 1. The van der Waals surface area contributed by atoms with Gasteiger partial charge < -0.3 is 19.9 Å². The summed E-state index contributed by atoms with van der Waals surface area (Å²) in [6, 6.07) is 13.7. The van der Waals surface area contributed by atoms with Crippen molar-refractivity contribution in [2.75, 3.05) is 13.7 Å². The first kappa shape index (κ1) is 23.2. The number of carbonyl (C=O) groups is 2. The van der Waals surface area contributed by atoms with Crippen LogP contribution < -0.4 is 14.8 Å². The Kier molecular flexibility index (Phi) is 6.49. The lowest BCUT2D eigenvalue weighted by Crippen LogP contribution is -2.55. The fourth-order valence-corrected chi connectivity index (χ4v) is 4.18. The summed E-state index contributed by atoms with van der Waals surface area (Å²) in [6.45, 7) is 2.02. The molecule has 1 aliphatic carbocycles. The van der Waals surface area contributed by atoms with Gasteiger partial charge in [-0.15, -0.1) is 0 Å². The molecule has 1 amide bonds. The van der Waals surface area contributed by atoms with Crippen LogP contribution in [0.2, 0.25) is 0 Å². The van der Waals surface area contributed by atoms with Crippen molar-refractivity contribution in [3.63, 3.8) is 0 Å². The Hall–Kier alpha value is -3.94. The number of rotatable bonds is 8. The van der Waals surface area contributed by atoms with E-state index in [1.807, 2.05) is 31.2 Å². The Morgan fingerprint density at radius 2 is 1.85 bits per heavy atom. The van der Waals surface area contributed by atoms with Crippen molar-refractivity contribution in [3.05, 3.63) is 88.4 Å².